The molecule has 0 aromatic heterocycles. The quantitative estimate of drug-likeness (QED) is 0.0322. The second-order valence-electron chi connectivity index (χ2n) is 16.0. The number of hydrogen-bond acceptors (Lipinski definition) is 11. The number of amides is 2. The molecule has 65 heavy (non-hydrogen) atoms. The molecule has 0 radical (unpaired) electrons. The maximum absolute atomic E-state index is 13.0. The van der Waals surface area contributed by atoms with Crippen molar-refractivity contribution in [2.45, 2.75) is 115 Å². The zero-order valence-electron chi connectivity index (χ0n) is 39.8. The molecule has 362 valence electrons. The van der Waals surface area contributed by atoms with Gasteiger partial charge in [0.25, 0.3) is 0 Å². The van der Waals surface area contributed by atoms with Crippen molar-refractivity contribution in [3.05, 3.63) is 95.6 Å². The van der Waals surface area contributed by atoms with Crippen LogP contribution in [0, 0.1) is 0 Å². The van der Waals surface area contributed by atoms with Crippen molar-refractivity contribution in [3.63, 3.8) is 0 Å². The van der Waals surface area contributed by atoms with E-state index < -0.39 is 17.7 Å². The highest BCUT2D eigenvalue weighted by Crippen LogP contribution is 2.42. The van der Waals surface area contributed by atoms with Gasteiger partial charge in [-0.3, -0.25) is 14.4 Å². The van der Waals surface area contributed by atoms with Crippen LogP contribution in [-0.2, 0) is 48.4 Å². The Morgan fingerprint density at radius 3 is 1.54 bits per heavy atom. The highest BCUT2D eigenvalue weighted by atomic mass is 16.6. The monoisotopic (exact) mass is 907 g/mol. The fourth-order valence-corrected chi connectivity index (χ4v) is 7.31. The minimum atomic E-state index is -1.14. The molecule has 3 aromatic carbocycles. The first kappa shape index (κ1) is 54.8. The Labute approximate surface area is 388 Å². The van der Waals surface area contributed by atoms with E-state index in [1.54, 1.807) is 14.2 Å². The standard InChI is InChI=1S/C52H78N2O11/c1-5-6-7-8-9-10-11-12-13-14-18-22-50(56)54-33-19-34-60-35-36-61-37-38-62-39-40-63-41-48(65-51(57)32-31-49(55)53-2)42-64-52(43-20-16-15-17-21-43,44-23-27-46(58-3)28-24-44)45-25-29-47(59-4)30-26-45/h15-17,20-21,23-30,48H,5-14,18-19,22,31-42H2,1-4H3,(H,53,55)(H,54,56). The van der Waals surface area contributed by atoms with E-state index in [1.807, 2.05) is 78.9 Å². The average Bonchev–Trinajstić information content (AvgIpc) is 3.34. The molecule has 3 rings (SSSR count). The number of rotatable bonds is 39. The average molecular weight is 907 g/mol. The number of nitrogens with one attached hydrogen (secondary N) is 2. The molecule has 0 fully saturated rings. The van der Waals surface area contributed by atoms with Crippen LogP contribution in [0.2, 0.25) is 0 Å². The highest BCUT2D eigenvalue weighted by Gasteiger charge is 2.39. The van der Waals surface area contributed by atoms with Crippen LogP contribution in [0.25, 0.3) is 0 Å². The van der Waals surface area contributed by atoms with E-state index in [-0.39, 0.29) is 44.5 Å². The summed E-state index contributed by atoms with van der Waals surface area (Å²) >= 11 is 0. The number of carbonyl (C=O) groups excluding carboxylic acids is 3. The van der Waals surface area contributed by atoms with E-state index in [4.69, 9.17) is 37.9 Å². The van der Waals surface area contributed by atoms with E-state index in [1.165, 1.54) is 64.8 Å². The van der Waals surface area contributed by atoms with Gasteiger partial charge in [-0.25, -0.2) is 0 Å². The zero-order valence-corrected chi connectivity index (χ0v) is 39.8. The highest BCUT2D eigenvalue weighted by molar-refractivity contribution is 5.81. The predicted molar refractivity (Wildman–Crippen MR) is 253 cm³/mol. The van der Waals surface area contributed by atoms with Gasteiger partial charge in [0.2, 0.25) is 11.8 Å². The van der Waals surface area contributed by atoms with Gasteiger partial charge in [0.15, 0.2) is 0 Å². The van der Waals surface area contributed by atoms with Gasteiger partial charge in [-0.2, -0.15) is 0 Å². The normalized spacial score (nSPS) is 11.8. The van der Waals surface area contributed by atoms with Gasteiger partial charge in [-0.05, 0) is 53.8 Å². The van der Waals surface area contributed by atoms with E-state index in [2.05, 4.69) is 17.6 Å². The molecule has 0 bridgehead atoms. The van der Waals surface area contributed by atoms with Gasteiger partial charge >= 0.3 is 5.97 Å². The fraction of sp³-hybridized carbons (Fsp3) is 0.596. The smallest absolute Gasteiger partial charge is 0.306 e. The Morgan fingerprint density at radius 2 is 1.02 bits per heavy atom. The summed E-state index contributed by atoms with van der Waals surface area (Å²) in [6, 6.07) is 25.2. The number of methoxy groups -OCH3 is 2. The fourth-order valence-electron chi connectivity index (χ4n) is 7.31. The van der Waals surface area contributed by atoms with Crippen LogP contribution in [0.4, 0.5) is 0 Å². The summed E-state index contributed by atoms with van der Waals surface area (Å²) in [4.78, 5) is 37.1. The maximum atomic E-state index is 13.0. The van der Waals surface area contributed by atoms with E-state index in [0.29, 0.717) is 64.1 Å². The molecule has 1 unspecified atom stereocenters. The molecule has 13 nitrogen and oxygen atoms in total. The van der Waals surface area contributed by atoms with E-state index >= 15 is 0 Å². The third-order valence-corrected chi connectivity index (χ3v) is 11.0. The van der Waals surface area contributed by atoms with Gasteiger partial charge in [-0.1, -0.05) is 126 Å². The number of esters is 1. The molecule has 0 aliphatic carbocycles. The van der Waals surface area contributed by atoms with Crippen LogP contribution in [-0.4, -0.2) is 111 Å². The topological polar surface area (TPSA) is 149 Å². The molecule has 0 heterocycles. The van der Waals surface area contributed by atoms with Crippen LogP contribution in [0.1, 0.15) is 120 Å². The van der Waals surface area contributed by atoms with Crippen LogP contribution < -0.4 is 20.1 Å². The SMILES string of the molecule is CCCCCCCCCCCCCC(=O)NCCCOCCOCCOCCOCC(COC(c1ccccc1)(c1ccc(OC)cc1)c1ccc(OC)cc1)OC(=O)CCC(=O)NC. The Balaban J connectivity index is 1.38. The first-order valence-corrected chi connectivity index (χ1v) is 23.8. The second-order valence-corrected chi connectivity index (χ2v) is 16.0. The van der Waals surface area contributed by atoms with Gasteiger partial charge < -0.3 is 48.5 Å². The molecule has 0 aliphatic heterocycles. The first-order valence-electron chi connectivity index (χ1n) is 23.8. The molecule has 2 amide bonds. The van der Waals surface area contributed by atoms with Crippen molar-refractivity contribution in [1.82, 2.24) is 10.6 Å². The van der Waals surface area contributed by atoms with Gasteiger partial charge in [-0.15, -0.1) is 0 Å². The van der Waals surface area contributed by atoms with Crippen molar-refractivity contribution in [3.8, 4) is 11.5 Å². The Kier molecular flexibility index (Phi) is 29.3. The lowest BCUT2D eigenvalue weighted by atomic mass is 9.80. The summed E-state index contributed by atoms with van der Waals surface area (Å²) in [5, 5.41) is 5.53. The third-order valence-electron chi connectivity index (χ3n) is 11.0. The zero-order chi connectivity index (χ0) is 46.6. The molecule has 0 saturated heterocycles. The maximum Gasteiger partial charge on any atom is 0.306 e. The van der Waals surface area contributed by atoms with Crippen LogP contribution in [0.3, 0.4) is 0 Å². The Hall–Kier alpha value is -4.53. The van der Waals surface area contributed by atoms with Gasteiger partial charge in [0, 0.05) is 33.0 Å². The number of unbranched alkanes of at least 4 members (excludes halogenated alkanes) is 10. The van der Waals surface area contributed by atoms with Gasteiger partial charge in [0.05, 0.1) is 73.5 Å². The number of carbonyl (C=O) groups is 3. The molecule has 3 aromatic rings. The molecule has 13 heteroatoms. The number of ether oxygens (including phenoxy) is 8. The minimum absolute atomic E-state index is 0.00331. The lowest BCUT2D eigenvalue weighted by molar-refractivity contribution is -0.160. The van der Waals surface area contributed by atoms with Crippen molar-refractivity contribution < 1.29 is 52.3 Å². The minimum Gasteiger partial charge on any atom is -0.497 e. The molecular weight excluding hydrogens is 829 g/mol. The van der Waals surface area contributed by atoms with Crippen molar-refractivity contribution in [2.75, 3.05) is 87.3 Å². The third kappa shape index (κ3) is 22.5. The van der Waals surface area contributed by atoms with E-state index in [9.17, 15) is 14.4 Å². The largest absolute Gasteiger partial charge is 0.497 e. The number of hydrogen-bond donors (Lipinski definition) is 2. The molecule has 2 N–H and O–H groups in total. The Morgan fingerprint density at radius 1 is 0.523 bits per heavy atom. The predicted octanol–water partition coefficient (Wildman–Crippen LogP) is 8.72. The first-order chi connectivity index (χ1) is 31.9. The molecule has 0 spiro atoms. The van der Waals surface area contributed by atoms with E-state index in [0.717, 1.165) is 36.0 Å². The second kappa shape index (κ2) is 34.8. The lowest BCUT2D eigenvalue weighted by Gasteiger charge is -2.37. The molecule has 0 aliphatic rings. The molecule has 1 atom stereocenters. The summed E-state index contributed by atoms with van der Waals surface area (Å²) in [5.41, 5.74) is 1.37. The van der Waals surface area contributed by atoms with Crippen molar-refractivity contribution >= 4 is 17.8 Å². The van der Waals surface area contributed by atoms with Crippen molar-refractivity contribution in [2.24, 2.45) is 0 Å². The Bertz CT molecular complexity index is 1630. The summed E-state index contributed by atoms with van der Waals surface area (Å²) in [6.45, 7) is 5.63. The summed E-state index contributed by atoms with van der Waals surface area (Å²) < 4.78 is 46.8. The van der Waals surface area contributed by atoms with Crippen LogP contribution in [0.15, 0.2) is 78.9 Å². The summed E-state index contributed by atoms with van der Waals surface area (Å²) in [5.74, 6) is 0.707. The molecular formula is C52H78N2O11. The lowest BCUT2D eigenvalue weighted by Crippen LogP contribution is -2.38. The summed E-state index contributed by atoms with van der Waals surface area (Å²) in [7, 11) is 4.76. The van der Waals surface area contributed by atoms with Crippen LogP contribution in [0.5, 0.6) is 11.5 Å². The molecule has 0 saturated carbocycles. The summed E-state index contributed by atoms with van der Waals surface area (Å²) in [6.07, 6.45) is 14.4. The number of benzene rings is 3. The van der Waals surface area contributed by atoms with Gasteiger partial charge in [0.1, 0.15) is 23.2 Å². The van der Waals surface area contributed by atoms with Crippen molar-refractivity contribution in [1.29, 1.82) is 0 Å². The van der Waals surface area contributed by atoms with Crippen LogP contribution >= 0.6 is 0 Å².